The summed E-state index contributed by atoms with van der Waals surface area (Å²) < 4.78 is 28.9. The Morgan fingerprint density at radius 2 is 2.06 bits per heavy atom. The van der Waals surface area contributed by atoms with Crippen molar-refractivity contribution in [1.82, 2.24) is 19.2 Å². The van der Waals surface area contributed by atoms with E-state index in [4.69, 9.17) is 0 Å². The molecule has 0 saturated carbocycles. The Morgan fingerprint density at radius 3 is 2.79 bits per heavy atom. The molecule has 0 bridgehead atoms. The van der Waals surface area contributed by atoms with Gasteiger partial charge in [0, 0.05) is 16.6 Å². The minimum absolute atomic E-state index is 0.0973. The average molecular weight is 472 g/mol. The standard InChI is InChI=1S/C23H23F2N5O2S/c1-23(2,3)12-4-6-14-17(8-12)33-21-19(14)20-28-30(22(32)29(20)11-26-21)10-18(31)27-13-5-7-15(24)16(25)9-13/h5,7,9,11-12H,4,6,8,10H2,1-3H3,(H,27,31)/t12-/m1/s1. The molecule has 1 N–H and O–H groups in total. The van der Waals surface area contributed by atoms with Crippen molar-refractivity contribution in [2.24, 2.45) is 11.3 Å². The summed E-state index contributed by atoms with van der Waals surface area (Å²) in [6.45, 7) is 6.43. The number of aryl methyl sites for hydroxylation is 1. The SMILES string of the molecule is CC(C)(C)[C@@H]1CCc2c(sc3ncn4c(=O)n(CC(=O)Nc5ccc(F)c(F)c5)nc4c23)C1. The molecule has 172 valence electrons. The zero-order valence-electron chi connectivity index (χ0n) is 18.5. The van der Waals surface area contributed by atoms with Crippen LogP contribution in [0.4, 0.5) is 14.5 Å². The second kappa shape index (κ2) is 7.72. The Hall–Kier alpha value is -3.14. The molecule has 0 fully saturated rings. The summed E-state index contributed by atoms with van der Waals surface area (Å²) in [6, 6.07) is 3.06. The molecule has 3 aromatic heterocycles. The minimum Gasteiger partial charge on any atom is -0.324 e. The van der Waals surface area contributed by atoms with Gasteiger partial charge in [-0.05, 0) is 48.3 Å². The topological polar surface area (TPSA) is 81.3 Å². The van der Waals surface area contributed by atoms with Gasteiger partial charge in [0.25, 0.3) is 0 Å². The number of halogens is 2. The summed E-state index contributed by atoms with van der Waals surface area (Å²) in [6.07, 6.45) is 4.38. The fourth-order valence-corrected chi connectivity index (χ4v) is 5.71. The molecular formula is C23H23F2N5O2S. The van der Waals surface area contributed by atoms with Gasteiger partial charge in [0.15, 0.2) is 17.3 Å². The fourth-order valence-electron chi connectivity index (χ4n) is 4.45. The number of hydrogen-bond donors (Lipinski definition) is 1. The molecule has 1 aliphatic carbocycles. The number of nitrogens with one attached hydrogen (secondary N) is 1. The molecule has 0 radical (unpaired) electrons. The van der Waals surface area contributed by atoms with Gasteiger partial charge in [-0.3, -0.25) is 4.79 Å². The monoisotopic (exact) mass is 471 g/mol. The van der Waals surface area contributed by atoms with E-state index >= 15 is 0 Å². The van der Waals surface area contributed by atoms with Gasteiger partial charge >= 0.3 is 5.69 Å². The van der Waals surface area contributed by atoms with Crippen LogP contribution in [-0.2, 0) is 24.2 Å². The molecule has 0 unspecified atom stereocenters. The molecule has 1 aliphatic rings. The molecular weight excluding hydrogens is 448 g/mol. The van der Waals surface area contributed by atoms with E-state index in [1.165, 1.54) is 27.2 Å². The maximum Gasteiger partial charge on any atom is 0.352 e. The Labute approximate surface area is 192 Å². The number of benzene rings is 1. The smallest absolute Gasteiger partial charge is 0.324 e. The van der Waals surface area contributed by atoms with Crippen LogP contribution in [-0.4, -0.2) is 25.1 Å². The first kappa shape index (κ1) is 21.7. The van der Waals surface area contributed by atoms with Gasteiger partial charge < -0.3 is 5.32 Å². The van der Waals surface area contributed by atoms with E-state index in [-0.39, 0.29) is 17.6 Å². The van der Waals surface area contributed by atoms with E-state index in [9.17, 15) is 18.4 Å². The largest absolute Gasteiger partial charge is 0.352 e. The fraction of sp³-hybridized carbons (Fsp3) is 0.391. The number of rotatable bonds is 3. The normalized spacial score (nSPS) is 16.3. The first-order chi connectivity index (χ1) is 15.6. The molecule has 1 atom stereocenters. The number of aromatic nitrogens is 4. The van der Waals surface area contributed by atoms with E-state index in [1.807, 2.05) is 0 Å². The van der Waals surface area contributed by atoms with Crippen LogP contribution >= 0.6 is 11.3 Å². The molecule has 4 aromatic rings. The predicted octanol–water partition coefficient (Wildman–Crippen LogP) is 4.17. The summed E-state index contributed by atoms with van der Waals surface area (Å²) in [7, 11) is 0. The number of fused-ring (bicyclic) bond motifs is 5. The summed E-state index contributed by atoms with van der Waals surface area (Å²) in [4.78, 5) is 31.9. The molecule has 10 heteroatoms. The Bertz CT molecular complexity index is 1460. The summed E-state index contributed by atoms with van der Waals surface area (Å²) in [5.41, 5.74) is 1.51. The Balaban J connectivity index is 1.48. The van der Waals surface area contributed by atoms with Gasteiger partial charge in [0.2, 0.25) is 5.91 Å². The third-order valence-corrected chi connectivity index (χ3v) is 7.52. The maximum atomic E-state index is 13.4. The van der Waals surface area contributed by atoms with Gasteiger partial charge in [-0.1, -0.05) is 20.8 Å². The number of carbonyl (C=O) groups excluding carboxylic acids is 1. The Kier molecular flexibility index (Phi) is 5.08. The molecule has 0 aliphatic heterocycles. The third kappa shape index (κ3) is 3.82. The van der Waals surface area contributed by atoms with Crippen molar-refractivity contribution >= 4 is 38.8 Å². The lowest BCUT2D eigenvalue weighted by molar-refractivity contribution is -0.117. The zero-order valence-corrected chi connectivity index (χ0v) is 19.3. The Morgan fingerprint density at radius 1 is 1.27 bits per heavy atom. The van der Waals surface area contributed by atoms with Crippen LogP contribution in [0.15, 0.2) is 29.3 Å². The van der Waals surface area contributed by atoms with E-state index < -0.39 is 23.2 Å². The van der Waals surface area contributed by atoms with E-state index in [0.29, 0.717) is 11.6 Å². The number of thiophene rings is 1. The molecule has 33 heavy (non-hydrogen) atoms. The molecule has 5 rings (SSSR count). The van der Waals surface area contributed by atoms with Crippen LogP contribution in [0.5, 0.6) is 0 Å². The summed E-state index contributed by atoms with van der Waals surface area (Å²) in [5.74, 6) is -2.07. The van der Waals surface area contributed by atoms with Crippen molar-refractivity contribution in [3.8, 4) is 0 Å². The number of anilines is 1. The number of hydrogen-bond acceptors (Lipinski definition) is 5. The minimum atomic E-state index is -1.07. The van der Waals surface area contributed by atoms with Gasteiger partial charge in [-0.15, -0.1) is 16.4 Å². The molecule has 0 spiro atoms. The van der Waals surface area contributed by atoms with Crippen LogP contribution in [0.25, 0.3) is 15.9 Å². The van der Waals surface area contributed by atoms with Gasteiger partial charge in [0.1, 0.15) is 17.7 Å². The van der Waals surface area contributed by atoms with Crippen LogP contribution in [0.1, 0.15) is 37.6 Å². The van der Waals surface area contributed by atoms with Crippen LogP contribution in [0, 0.1) is 23.0 Å². The van der Waals surface area contributed by atoms with Gasteiger partial charge in [-0.25, -0.2) is 27.6 Å². The van der Waals surface area contributed by atoms with E-state index in [1.54, 1.807) is 11.3 Å². The van der Waals surface area contributed by atoms with Crippen molar-refractivity contribution in [3.05, 3.63) is 57.1 Å². The van der Waals surface area contributed by atoms with Crippen LogP contribution in [0.3, 0.4) is 0 Å². The number of nitrogens with zero attached hydrogens (tertiary/aromatic N) is 4. The highest BCUT2D eigenvalue weighted by Gasteiger charge is 2.32. The zero-order chi connectivity index (χ0) is 23.5. The molecule has 1 amide bonds. The second-order valence-electron chi connectivity index (χ2n) is 9.55. The van der Waals surface area contributed by atoms with Crippen molar-refractivity contribution in [2.75, 3.05) is 5.32 Å². The lowest BCUT2D eigenvalue weighted by Gasteiger charge is -2.33. The van der Waals surface area contributed by atoms with Crippen molar-refractivity contribution < 1.29 is 13.6 Å². The van der Waals surface area contributed by atoms with Crippen molar-refractivity contribution in [2.45, 2.75) is 46.6 Å². The molecule has 1 aromatic carbocycles. The first-order valence-electron chi connectivity index (χ1n) is 10.7. The molecule has 7 nitrogen and oxygen atoms in total. The number of carbonyl (C=O) groups is 1. The summed E-state index contributed by atoms with van der Waals surface area (Å²) in [5, 5.41) is 7.78. The van der Waals surface area contributed by atoms with Crippen molar-refractivity contribution in [3.63, 3.8) is 0 Å². The highest BCUT2D eigenvalue weighted by Crippen LogP contribution is 2.43. The number of amides is 1. The third-order valence-electron chi connectivity index (χ3n) is 6.35. The predicted molar refractivity (Wildman–Crippen MR) is 123 cm³/mol. The van der Waals surface area contributed by atoms with E-state index in [2.05, 4.69) is 36.2 Å². The lowest BCUT2D eigenvalue weighted by atomic mass is 9.72. The second-order valence-corrected chi connectivity index (χ2v) is 10.6. The maximum absolute atomic E-state index is 13.4. The van der Waals surface area contributed by atoms with Gasteiger partial charge in [-0.2, -0.15) is 0 Å². The highest BCUT2D eigenvalue weighted by atomic mass is 32.1. The highest BCUT2D eigenvalue weighted by molar-refractivity contribution is 7.19. The lowest BCUT2D eigenvalue weighted by Crippen LogP contribution is -2.28. The van der Waals surface area contributed by atoms with Gasteiger partial charge in [0.05, 0.1) is 5.39 Å². The molecule has 3 heterocycles. The van der Waals surface area contributed by atoms with Crippen LogP contribution in [0.2, 0.25) is 0 Å². The summed E-state index contributed by atoms with van der Waals surface area (Å²) >= 11 is 1.65. The quantitative estimate of drug-likeness (QED) is 0.486. The van der Waals surface area contributed by atoms with Crippen LogP contribution < -0.4 is 11.0 Å². The molecule has 0 saturated heterocycles. The first-order valence-corrected chi connectivity index (χ1v) is 11.6. The van der Waals surface area contributed by atoms with E-state index in [0.717, 1.165) is 46.3 Å². The average Bonchev–Trinajstić information content (AvgIpc) is 3.27. The van der Waals surface area contributed by atoms with Crippen molar-refractivity contribution in [1.29, 1.82) is 0 Å².